The molecule has 2 unspecified atom stereocenters. The van der Waals surface area contributed by atoms with E-state index in [-0.39, 0.29) is 27.6 Å². The number of phenolic OH excluding ortho intramolecular Hbond substituents is 4. The van der Waals surface area contributed by atoms with Crippen LogP contribution in [0.25, 0.3) is 0 Å². The first-order valence-corrected chi connectivity index (χ1v) is 12.0. The minimum atomic E-state index is -0.751. The maximum atomic E-state index is 13.2. The van der Waals surface area contributed by atoms with Crippen molar-refractivity contribution in [3.63, 3.8) is 0 Å². The number of primary amides is 1. The van der Waals surface area contributed by atoms with Gasteiger partial charge >= 0.3 is 0 Å². The molecule has 1 heterocycles. The van der Waals surface area contributed by atoms with Crippen LogP contribution in [-0.2, 0) is 4.79 Å². The van der Waals surface area contributed by atoms with E-state index in [0.717, 1.165) is 5.56 Å². The van der Waals surface area contributed by atoms with E-state index >= 15 is 0 Å². The van der Waals surface area contributed by atoms with Crippen molar-refractivity contribution >= 4 is 42.6 Å². The van der Waals surface area contributed by atoms with Crippen molar-refractivity contribution in [1.82, 2.24) is 0 Å². The highest BCUT2D eigenvalue weighted by molar-refractivity contribution is 8.01. The smallest absolute Gasteiger partial charge is 0.248 e. The molecule has 1 saturated heterocycles. The fourth-order valence-electron chi connectivity index (χ4n) is 3.92. The summed E-state index contributed by atoms with van der Waals surface area (Å²) in [5.41, 5.74) is 7.54. The van der Waals surface area contributed by atoms with Gasteiger partial charge in [0.15, 0.2) is 11.5 Å². The van der Waals surface area contributed by atoms with Crippen LogP contribution in [0.1, 0.15) is 45.8 Å². The van der Waals surface area contributed by atoms with Gasteiger partial charge in [0.2, 0.25) is 17.6 Å². The third-order valence-corrected chi connectivity index (χ3v) is 7.58. The van der Waals surface area contributed by atoms with Gasteiger partial charge in [0.25, 0.3) is 0 Å². The van der Waals surface area contributed by atoms with E-state index in [1.54, 1.807) is 41.3 Å². The normalized spacial score (nSPS) is 17.0. The highest BCUT2D eigenvalue weighted by Crippen LogP contribution is 2.46. The van der Waals surface area contributed by atoms with Crippen LogP contribution in [0.4, 0.5) is 5.69 Å². The predicted molar refractivity (Wildman–Crippen MR) is 141 cm³/mol. The Morgan fingerprint density at radius 2 is 1.72 bits per heavy atom. The average Bonchev–Trinajstić information content (AvgIpc) is 3.22. The van der Waals surface area contributed by atoms with E-state index < -0.39 is 28.9 Å². The van der Waals surface area contributed by atoms with E-state index in [1.165, 1.54) is 19.6 Å². The van der Waals surface area contributed by atoms with E-state index in [1.807, 2.05) is 19.1 Å². The van der Waals surface area contributed by atoms with E-state index in [2.05, 4.69) is 11.8 Å². The molecule has 0 aliphatic carbocycles. The van der Waals surface area contributed by atoms with E-state index in [0.29, 0.717) is 23.2 Å². The second-order valence-electron chi connectivity index (χ2n) is 8.27. The number of hydrogen-bond acceptors (Lipinski definition) is 7. The maximum Gasteiger partial charge on any atom is 0.248 e. The number of phenols is 4. The highest BCUT2D eigenvalue weighted by atomic mass is 32.2. The van der Waals surface area contributed by atoms with Crippen molar-refractivity contribution in [3.05, 3.63) is 70.8 Å². The Bertz CT molecular complexity index is 1400. The van der Waals surface area contributed by atoms with Crippen LogP contribution in [0.5, 0.6) is 23.0 Å². The van der Waals surface area contributed by atoms with Crippen molar-refractivity contribution in [2.24, 2.45) is 5.73 Å². The lowest BCUT2D eigenvalue weighted by molar-refractivity contribution is -0.117. The Morgan fingerprint density at radius 1 is 1.03 bits per heavy atom. The van der Waals surface area contributed by atoms with Gasteiger partial charge < -0.3 is 26.2 Å². The SMILES string of the molecule is Bc1c(O)c(O)c(O)c(C#Cc2ccc(C3SC(CC)C(=O)N3c3cccc(C(N)=O)c3)cc2)c1O. The second kappa shape index (κ2) is 9.80. The summed E-state index contributed by atoms with van der Waals surface area (Å²) in [4.78, 5) is 26.5. The number of carbonyl (C=O) groups excluding carboxylic acids is 2. The molecular formula is C26H23BN2O6S. The first kappa shape index (κ1) is 24.9. The Morgan fingerprint density at radius 3 is 2.36 bits per heavy atom. The first-order chi connectivity index (χ1) is 17.1. The molecule has 36 heavy (non-hydrogen) atoms. The molecule has 0 aromatic heterocycles. The molecule has 2 amide bonds. The molecule has 10 heteroatoms. The van der Waals surface area contributed by atoms with E-state index in [4.69, 9.17) is 5.73 Å². The van der Waals surface area contributed by atoms with Crippen LogP contribution in [-0.4, -0.2) is 45.3 Å². The third-order valence-electron chi connectivity index (χ3n) is 5.98. The maximum absolute atomic E-state index is 13.2. The minimum absolute atomic E-state index is 0.00107. The summed E-state index contributed by atoms with van der Waals surface area (Å²) in [5, 5.41) is 39.3. The van der Waals surface area contributed by atoms with Crippen molar-refractivity contribution < 1.29 is 30.0 Å². The first-order valence-electron chi connectivity index (χ1n) is 11.1. The molecule has 1 aliphatic rings. The molecule has 4 rings (SSSR count). The number of anilines is 1. The van der Waals surface area contributed by atoms with Gasteiger partial charge in [-0.15, -0.1) is 11.8 Å². The Balaban J connectivity index is 1.66. The Labute approximate surface area is 212 Å². The summed E-state index contributed by atoms with van der Waals surface area (Å²) in [6, 6.07) is 13.8. The average molecular weight is 502 g/mol. The van der Waals surface area contributed by atoms with Crippen LogP contribution < -0.4 is 16.1 Å². The Hall–Kier alpha value is -4.23. The molecule has 182 valence electrons. The van der Waals surface area contributed by atoms with Gasteiger partial charge in [-0.05, 0) is 47.8 Å². The molecule has 0 spiro atoms. The van der Waals surface area contributed by atoms with Crippen molar-refractivity contribution in [2.75, 3.05) is 4.90 Å². The van der Waals surface area contributed by atoms with Gasteiger partial charge in [-0.25, -0.2) is 0 Å². The summed E-state index contributed by atoms with van der Waals surface area (Å²) in [6.07, 6.45) is 0.654. The molecule has 6 N–H and O–H groups in total. The zero-order valence-corrected chi connectivity index (χ0v) is 20.3. The number of rotatable bonds is 4. The lowest BCUT2D eigenvalue weighted by Gasteiger charge is -2.24. The number of amides is 2. The van der Waals surface area contributed by atoms with Crippen LogP contribution in [0, 0.1) is 11.8 Å². The molecule has 1 fully saturated rings. The van der Waals surface area contributed by atoms with Gasteiger partial charge in [-0.3, -0.25) is 14.5 Å². The largest absolute Gasteiger partial charge is 0.507 e. The standard InChI is InChI=1S/C26H23BN2O6S/c1-2-18-25(35)29(16-5-3-4-15(12-16)24(28)34)26(36-18)14-9-6-13(7-10-14)8-11-17-20(30)19(27)22(32)23(33)21(17)31/h3-7,9-10,12,18,26,30-33H,2,27H2,1H3,(H2,28,34). The van der Waals surface area contributed by atoms with Gasteiger partial charge in [-0.1, -0.05) is 37.0 Å². The third kappa shape index (κ3) is 4.41. The van der Waals surface area contributed by atoms with Gasteiger partial charge in [0.1, 0.15) is 24.5 Å². The second-order valence-corrected chi connectivity index (χ2v) is 9.56. The summed E-state index contributed by atoms with van der Waals surface area (Å²) in [6.45, 7) is 1.95. The quantitative estimate of drug-likeness (QED) is 0.158. The number of aromatic hydroxyl groups is 4. The molecule has 3 aromatic carbocycles. The molecule has 1 aliphatic heterocycles. The van der Waals surface area contributed by atoms with Crippen LogP contribution in [0.2, 0.25) is 0 Å². The number of nitrogens with zero attached hydrogens (tertiary/aromatic N) is 1. The van der Waals surface area contributed by atoms with Crippen molar-refractivity contribution in [1.29, 1.82) is 0 Å². The summed E-state index contributed by atoms with van der Waals surface area (Å²) in [5.74, 6) is 2.34. The highest BCUT2D eigenvalue weighted by Gasteiger charge is 2.41. The molecular weight excluding hydrogens is 479 g/mol. The van der Waals surface area contributed by atoms with E-state index in [9.17, 15) is 30.0 Å². The molecule has 0 saturated carbocycles. The predicted octanol–water partition coefficient (Wildman–Crippen LogP) is 1.82. The van der Waals surface area contributed by atoms with Gasteiger partial charge in [0, 0.05) is 16.8 Å². The molecule has 0 bridgehead atoms. The number of benzene rings is 3. The number of nitrogens with two attached hydrogens (primary N) is 1. The van der Waals surface area contributed by atoms with Crippen molar-refractivity contribution in [2.45, 2.75) is 24.0 Å². The number of thioether (sulfide) groups is 1. The monoisotopic (exact) mass is 502 g/mol. The fraction of sp³-hybridized carbons (Fsp3) is 0.154. The number of carbonyl (C=O) groups is 2. The van der Waals surface area contributed by atoms with Gasteiger partial charge in [-0.2, -0.15) is 0 Å². The molecule has 2 atom stereocenters. The fourth-order valence-corrected chi connectivity index (χ4v) is 5.31. The number of hydrogen-bond donors (Lipinski definition) is 5. The molecule has 3 aromatic rings. The lowest BCUT2D eigenvalue weighted by atomic mass is 9.90. The summed E-state index contributed by atoms with van der Waals surface area (Å²) < 4.78 is 0. The van der Waals surface area contributed by atoms with Crippen LogP contribution >= 0.6 is 11.8 Å². The molecule has 8 nitrogen and oxygen atoms in total. The zero-order chi connectivity index (χ0) is 26.1. The topological polar surface area (TPSA) is 144 Å². The van der Waals surface area contributed by atoms with Crippen molar-refractivity contribution in [3.8, 4) is 34.8 Å². The Kier molecular flexibility index (Phi) is 6.77. The summed E-state index contributed by atoms with van der Waals surface area (Å²) >= 11 is 1.52. The summed E-state index contributed by atoms with van der Waals surface area (Å²) in [7, 11) is 1.39. The zero-order valence-electron chi connectivity index (χ0n) is 19.5. The van der Waals surface area contributed by atoms with Crippen LogP contribution in [0.3, 0.4) is 0 Å². The molecule has 0 radical (unpaired) electrons. The minimum Gasteiger partial charge on any atom is -0.507 e. The van der Waals surface area contributed by atoms with Crippen LogP contribution in [0.15, 0.2) is 48.5 Å². The van der Waals surface area contributed by atoms with Gasteiger partial charge in [0.05, 0.1) is 5.25 Å². The lowest BCUT2D eigenvalue weighted by Crippen LogP contribution is -2.31.